The van der Waals surface area contributed by atoms with Gasteiger partial charge in [-0.05, 0) is 18.2 Å². The van der Waals surface area contributed by atoms with Crippen LogP contribution >= 0.6 is 11.6 Å². The standard InChI is InChI=1S/C10H8ClF3N2O/c11-8(5-15)9(17)16-7-3-1-2-6(4-7)10(12,13)14/h1-5H,15H2,(H,16,17)/b8-5-. The molecule has 3 N–H and O–H groups in total. The van der Waals surface area contributed by atoms with Gasteiger partial charge in [0.05, 0.1) is 5.56 Å². The highest BCUT2D eigenvalue weighted by atomic mass is 35.5. The Morgan fingerprint density at radius 1 is 1.41 bits per heavy atom. The molecule has 0 unspecified atom stereocenters. The first kappa shape index (κ1) is 13.4. The molecule has 0 saturated carbocycles. The number of carbonyl (C=O) groups excluding carboxylic acids is 1. The molecule has 0 bridgehead atoms. The minimum Gasteiger partial charge on any atom is -0.403 e. The summed E-state index contributed by atoms with van der Waals surface area (Å²) in [6.45, 7) is 0. The van der Waals surface area contributed by atoms with E-state index in [1.54, 1.807) is 0 Å². The van der Waals surface area contributed by atoms with Gasteiger partial charge in [-0.1, -0.05) is 17.7 Å². The number of nitrogens with two attached hydrogens (primary N) is 1. The number of benzene rings is 1. The summed E-state index contributed by atoms with van der Waals surface area (Å²) in [7, 11) is 0. The van der Waals surface area contributed by atoms with E-state index in [1.165, 1.54) is 12.1 Å². The Morgan fingerprint density at radius 3 is 2.59 bits per heavy atom. The summed E-state index contributed by atoms with van der Waals surface area (Å²) in [6, 6.07) is 4.20. The maximum Gasteiger partial charge on any atom is 0.416 e. The second-order valence-electron chi connectivity index (χ2n) is 3.05. The van der Waals surface area contributed by atoms with Gasteiger partial charge in [0.15, 0.2) is 0 Å². The summed E-state index contributed by atoms with van der Waals surface area (Å²) in [6.07, 6.45) is -3.61. The maximum absolute atomic E-state index is 12.4. The van der Waals surface area contributed by atoms with Gasteiger partial charge in [0, 0.05) is 11.9 Å². The lowest BCUT2D eigenvalue weighted by Gasteiger charge is -2.09. The van der Waals surface area contributed by atoms with Gasteiger partial charge < -0.3 is 11.1 Å². The molecule has 0 heterocycles. The monoisotopic (exact) mass is 264 g/mol. The van der Waals surface area contributed by atoms with Crippen molar-refractivity contribution in [3.63, 3.8) is 0 Å². The van der Waals surface area contributed by atoms with E-state index in [0.717, 1.165) is 18.3 Å². The number of amides is 1. The Bertz CT molecular complexity index is 457. The van der Waals surface area contributed by atoms with E-state index in [1.807, 2.05) is 0 Å². The third-order valence-corrected chi connectivity index (χ3v) is 2.11. The van der Waals surface area contributed by atoms with Crippen LogP contribution in [0.2, 0.25) is 0 Å². The van der Waals surface area contributed by atoms with Crippen molar-refractivity contribution in [1.29, 1.82) is 0 Å². The molecule has 1 amide bonds. The van der Waals surface area contributed by atoms with Gasteiger partial charge in [0.1, 0.15) is 5.03 Å². The minimum absolute atomic E-state index is 0.00942. The van der Waals surface area contributed by atoms with Crippen molar-refractivity contribution in [2.24, 2.45) is 5.73 Å². The topological polar surface area (TPSA) is 55.1 Å². The fourth-order valence-corrected chi connectivity index (χ4v) is 1.09. The minimum atomic E-state index is -4.46. The molecule has 1 aromatic carbocycles. The number of anilines is 1. The average Bonchev–Trinajstić information content (AvgIpc) is 2.27. The number of carbonyl (C=O) groups is 1. The Kier molecular flexibility index (Phi) is 4.01. The molecule has 0 aliphatic carbocycles. The summed E-state index contributed by atoms with van der Waals surface area (Å²) in [5, 5.41) is 1.88. The molecule has 1 aromatic rings. The van der Waals surface area contributed by atoms with Crippen LogP contribution in [0.25, 0.3) is 0 Å². The number of alkyl halides is 3. The third kappa shape index (κ3) is 3.67. The van der Waals surface area contributed by atoms with Gasteiger partial charge >= 0.3 is 6.18 Å². The number of hydrogen-bond acceptors (Lipinski definition) is 2. The van der Waals surface area contributed by atoms with Crippen molar-refractivity contribution >= 4 is 23.2 Å². The van der Waals surface area contributed by atoms with E-state index in [9.17, 15) is 18.0 Å². The Balaban J connectivity index is 2.91. The SMILES string of the molecule is N/C=C(\Cl)C(=O)Nc1cccc(C(F)(F)F)c1. The highest BCUT2D eigenvalue weighted by Crippen LogP contribution is 2.30. The second-order valence-corrected chi connectivity index (χ2v) is 3.45. The smallest absolute Gasteiger partial charge is 0.403 e. The van der Waals surface area contributed by atoms with Crippen LogP contribution in [0.1, 0.15) is 5.56 Å². The van der Waals surface area contributed by atoms with E-state index in [2.05, 4.69) is 5.32 Å². The predicted octanol–water partition coefficient (Wildman–Crippen LogP) is 2.68. The molecule has 0 aromatic heterocycles. The summed E-state index contributed by atoms with van der Waals surface area (Å²) in [5.74, 6) is -0.770. The van der Waals surface area contributed by atoms with Crippen molar-refractivity contribution in [2.45, 2.75) is 6.18 Å². The molecule has 0 fully saturated rings. The molecule has 0 atom stereocenters. The van der Waals surface area contributed by atoms with E-state index < -0.39 is 17.6 Å². The molecule has 7 heteroatoms. The zero-order valence-corrected chi connectivity index (χ0v) is 9.14. The summed E-state index contributed by atoms with van der Waals surface area (Å²) >= 11 is 5.40. The normalized spacial score (nSPS) is 12.4. The van der Waals surface area contributed by atoms with Crippen LogP contribution in [-0.2, 0) is 11.0 Å². The van der Waals surface area contributed by atoms with E-state index >= 15 is 0 Å². The van der Waals surface area contributed by atoms with Crippen LogP contribution in [-0.4, -0.2) is 5.91 Å². The van der Waals surface area contributed by atoms with Crippen molar-refractivity contribution in [3.8, 4) is 0 Å². The quantitative estimate of drug-likeness (QED) is 0.807. The van der Waals surface area contributed by atoms with Crippen molar-refractivity contribution < 1.29 is 18.0 Å². The van der Waals surface area contributed by atoms with E-state index in [0.29, 0.717) is 0 Å². The zero-order valence-electron chi connectivity index (χ0n) is 8.38. The molecule has 1 rings (SSSR count). The van der Waals surface area contributed by atoms with Crippen LogP contribution in [0.4, 0.5) is 18.9 Å². The zero-order chi connectivity index (χ0) is 13.1. The second kappa shape index (κ2) is 5.09. The lowest BCUT2D eigenvalue weighted by molar-refractivity contribution is -0.137. The van der Waals surface area contributed by atoms with Crippen molar-refractivity contribution in [2.75, 3.05) is 5.32 Å². The largest absolute Gasteiger partial charge is 0.416 e. The van der Waals surface area contributed by atoms with Crippen LogP contribution in [0.5, 0.6) is 0 Å². The number of rotatable bonds is 2. The average molecular weight is 265 g/mol. The van der Waals surface area contributed by atoms with Crippen LogP contribution in [0.3, 0.4) is 0 Å². The van der Waals surface area contributed by atoms with Gasteiger partial charge in [0.2, 0.25) is 0 Å². The third-order valence-electron chi connectivity index (χ3n) is 1.81. The summed E-state index contributed by atoms with van der Waals surface area (Å²) in [5.41, 5.74) is 4.12. The first-order chi connectivity index (χ1) is 7.84. The molecular formula is C10H8ClF3N2O. The van der Waals surface area contributed by atoms with Crippen LogP contribution < -0.4 is 11.1 Å². The lowest BCUT2D eigenvalue weighted by Crippen LogP contribution is -2.13. The molecule has 0 saturated heterocycles. The number of nitrogens with one attached hydrogen (secondary N) is 1. The van der Waals surface area contributed by atoms with Gasteiger partial charge in [0.25, 0.3) is 5.91 Å². The fraction of sp³-hybridized carbons (Fsp3) is 0.100. The van der Waals surface area contributed by atoms with Crippen molar-refractivity contribution in [1.82, 2.24) is 0 Å². The fourth-order valence-electron chi connectivity index (χ4n) is 1.04. The molecule has 3 nitrogen and oxygen atoms in total. The molecule has 0 spiro atoms. The van der Waals surface area contributed by atoms with E-state index in [4.69, 9.17) is 17.3 Å². The number of hydrogen-bond donors (Lipinski definition) is 2. The van der Waals surface area contributed by atoms with Gasteiger partial charge in [-0.3, -0.25) is 4.79 Å². The molecule has 0 aliphatic rings. The summed E-state index contributed by atoms with van der Waals surface area (Å²) < 4.78 is 37.1. The predicted molar refractivity (Wildman–Crippen MR) is 58.2 cm³/mol. The Labute approximate surface area is 100 Å². The molecule has 17 heavy (non-hydrogen) atoms. The van der Waals surface area contributed by atoms with Crippen molar-refractivity contribution in [3.05, 3.63) is 41.1 Å². The van der Waals surface area contributed by atoms with Gasteiger partial charge in [-0.25, -0.2) is 0 Å². The lowest BCUT2D eigenvalue weighted by atomic mass is 10.2. The highest BCUT2D eigenvalue weighted by molar-refractivity contribution is 6.43. The summed E-state index contributed by atoms with van der Waals surface area (Å²) in [4.78, 5) is 11.2. The van der Waals surface area contributed by atoms with Gasteiger partial charge in [-0.15, -0.1) is 0 Å². The van der Waals surface area contributed by atoms with Crippen LogP contribution in [0, 0.1) is 0 Å². The first-order valence-electron chi connectivity index (χ1n) is 4.40. The first-order valence-corrected chi connectivity index (χ1v) is 4.78. The Hall–Kier alpha value is -1.69. The molecular weight excluding hydrogens is 257 g/mol. The maximum atomic E-state index is 12.4. The molecule has 0 aliphatic heterocycles. The Morgan fingerprint density at radius 2 is 2.06 bits per heavy atom. The van der Waals surface area contributed by atoms with Crippen LogP contribution in [0.15, 0.2) is 35.5 Å². The number of halogens is 4. The van der Waals surface area contributed by atoms with Gasteiger partial charge in [-0.2, -0.15) is 13.2 Å². The highest BCUT2D eigenvalue weighted by Gasteiger charge is 2.30. The van der Waals surface area contributed by atoms with E-state index in [-0.39, 0.29) is 10.7 Å². The molecule has 0 radical (unpaired) electrons. The molecule has 92 valence electrons.